The van der Waals surface area contributed by atoms with E-state index in [1.54, 1.807) is 12.1 Å². The molecule has 0 amide bonds. The molecule has 1 unspecified atom stereocenters. The van der Waals surface area contributed by atoms with Crippen molar-refractivity contribution in [2.24, 2.45) is 5.41 Å². The summed E-state index contributed by atoms with van der Waals surface area (Å²) < 4.78 is 28.1. The van der Waals surface area contributed by atoms with Crippen LogP contribution in [0.2, 0.25) is 0 Å². The van der Waals surface area contributed by atoms with E-state index in [9.17, 15) is 4.39 Å². The first-order valence-corrected chi connectivity index (χ1v) is 9.80. The van der Waals surface area contributed by atoms with Crippen molar-refractivity contribution in [3.63, 3.8) is 0 Å². The van der Waals surface area contributed by atoms with Gasteiger partial charge >= 0.3 is 0 Å². The van der Waals surface area contributed by atoms with Crippen LogP contribution in [-0.2, 0) is 15.9 Å². The van der Waals surface area contributed by atoms with Crippen LogP contribution in [0.25, 0.3) is 11.8 Å². The van der Waals surface area contributed by atoms with E-state index >= 15 is 0 Å². The summed E-state index contributed by atoms with van der Waals surface area (Å²) in [6, 6.07) is 6.48. The lowest BCUT2D eigenvalue weighted by Crippen LogP contribution is -2.55. The Hall–Kier alpha value is -1.98. The summed E-state index contributed by atoms with van der Waals surface area (Å²) >= 11 is 0. The Labute approximate surface area is 159 Å². The number of halogens is 1. The van der Waals surface area contributed by atoms with Gasteiger partial charge in [0.2, 0.25) is 0 Å². The monoisotopic (exact) mass is 368 g/mol. The maximum Gasteiger partial charge on any atom is 0.178 e. The van der Waals surface area contributed by atoms with Crippen molar-refractivity contribution in [3.8, 4) is 5.69 Å². The van der Waals surface area contributed by atoms with Gasteiger partial charge in [-0.1, -0.05) is 12.5 Å². The van der Waals surface area contributed by atoms with Gasteiger partial charge in [0.15, 0.2) is 5.79 Å². The molecule has 142 valence electrons. The standard InChI is InChI=1S/C22H25FN2O2/c1-14-10-15(2)27-22(26-14)9-8-17-11-20-16(12-21(17,22)3)13-24-25(20)19-6-4-18(23)5-7-19/h4-7,11,13-15H,8-10,12H2,1-3H3/t14-,15+,21-,22?/m0/s1. The highest BCUT2D eigenvalue weighted by atomic mass is 19.1. The van der Waals surface area contributed by atoms with Gasteiger partial charge in [-0.05, 0) is 69.0 Å². The molecule has 0 N–H and O–H groups in total. The third-order valence-electron chi connectivity index (χ3n) is 6.53. The molecule has 1 aromatic carbocycles. The van der Waals surface area contributed by atoms with Gasteiger partial charge in [0.1, 0.15) is 5.82 Å². The molecule has 1 saturated carbocycles. The number of aromatic nitrogens is 2. The molecule has 2 aliphatic carbocycles. The lowest BCUT2D eigenvalue weighted by atomic mass is 9.71. The van der Waals surface area contributed by atoms with E-state index in [4.69, 9.17) is 9.47 Å². The van der Waals surface area contributed by atoms with Gasteiger partial charge in [0.25, 0.3) is 0 Å². The third-order valence-corrected chi connectivity index (χ3v) is 6.53. The van der Waals surface area contributed by atoms with Gasteiger partial charge in [0.05, 0.1) is 29.8 Å². The Balaban J connectivity index is 1.56. The fourth-order valence-electron chi connectivity index (χ4n) is 5.21. The van der Waals surface area contributed by atoms with Crippen molar-refractivity contribution in [1.82, 2.24) is 9.78 Å². The smallest absolute Gasteiger partial charge is 0.178 e. The van der Waals surface area contributed by atoms with Crippen molar-refractivity contribution >= 4 is 6.08 Å². The second-order valence-electron chi connectivity index (χ2n) is 8.47. The van der Waals surface area contributed by atoms with Crippen molar-refractivity contribution in [3.05, 3.63) is 53.1 Å². The van der Waals surface area contributed by atoms with Gasteiger partial charge < -0.3 is 9.47 Å². The summed E-state index contributed by atoms with van der Waals surface area (Å²) in [4.78, 5) is 0. The summed E-state index contributed by atoms with van der Waals surface area (Å²) in [7, 11) is 0. The predicted molar refractivity (Wildman–Crippen MR) is 101 cm³/mol. The summed E-state index contributed by atoms with van der Waals surface area (Å²) in [5, 5.41) is 4.59. The van der Waals surface area contributed by atoms with Gasteiger partial charge in [-0.25, -0.2) is 9.07 Å². The molecule has 1 saturated heterocycles. The van der Waals surface area contributed by atoms with Crippen LogP contribution < -0.4 is 0 Å². The average Bonchev–Trinajstić information content (AvgIpc) is 3.12. The first-order valence-electron chi connectivity index (χ1n) is 9.80. The van der Waals surface area contributed by atoms with Gasteiger partial charge in [0, 0.05) is 11.8 Å². The van der Waals surface area contributed by atoms with Crippen molar-refractivity contribution in [2.75, 3.05) is 0 Å². The van der Waals surface area contributed by atoms with Gasteiger partial charge in [-0.15, -0.1) is 0 Å². The fourth-order valence-corrected chi connectivity index (χ4v) is 5.21. The van der Waals surface area contributed by atoms with Crippen LogP contribution in [-0.4, -0.2) is 27.8 Å². The molecule has 5 heteroatoms. The van der Waals surface area contributed by atoms with Crippen LogP contribution >= 0.6 is 0 Å². The van der Waals surface area contributed by atoms with E-state index in [2.05, 4.69) is 31.9 Å². The third kappa shape index (κ3) is 2.44. The molecule has 1 aromatic heterocycles. The maximum absolute atomic E-state index is 13.3. The summed E-state index contributed by atoms with van der Waals surface area (Å²) in [5.74, 6) is -0.788. The second kappa shape index (κ2) is 5.76. The number of ether oxygens (including phenoxy) is 2. The van der Waals surface area contributed by atoms with Crippen LogP contribution in [0.4, 0.5) is 4.39 Å². The topological polar surface area (TPSA) is 36.3 Å². The molecule has 2 fully saturated rings. The number of rotatable bonds is 1. The molecule has 4 atom stereocenters. The molecule has 5 rings (SSSR count). The summed E-state index contributed by atoms with van der Waals surface area (Å²) in [6.07, 6.45) is 8.21. The first kappa shape index (κ1) is 17.1. The van der Waals surface area contributed by atoms with Gasteiger partial charge in [-0.2, -0.15) is 5.10 Å². The van der Waals surface area contributed by atoms with Crippen LogP contribution in [0, 0.1) is 11.2 Å². The fraction of sp³-hybridized carbons (Fsp3) is 0.500. The second-order valence-corrected chi connectivity index (χ2v) is 8.47. The van der Waals surface area contributed by atoms with E-state index < -0.39 is 5.79 Å². The Morgan fingerprint density at radius 3 is 2.56 bits per heavy atom. The number of hydrogen-bond donors (Lipinski definition) is 0. The first-order chi connectivity index (χ1) is 12.9. The predicted octanol–water partition coefficient (Wildman–Crippen LogP) is 4.66. The zero-order valence-electron chi connectivity index (χ0n) is 16.0. The van der Waals surface area contributed by atoms with E-state index in [0.29, 0.717) is 0 Å². The van der Waals surface area contributed by atoms with E-state index in [-0.39, 0.29) is 23.4 Å². The van der Waals surface area contributed by atoms with Crippen molar-refractivity contribution in [2.45, 2.75) is 64.4 Å². The zero-order chi connectivity index (χ0) is 18.8. The Kier molecular flexibility index (Phi) is 3.66. The van der Waals surface area contributed by atoms with E-state index in [1.165, 1.54) is 23.3 Å². The minimum absolute atomic E-state index is 0.181. The molecule has 27 heavy (non-hydrogen) atoms. The van der Waals surface area contributed by atoms with Crippen LogP contribution in [0.3, 0.4) is 0 Å². The molecular weight excluding hydrogens is 343 g/mol. The molecule has 4 nitrogen and oxygen atoms in total. The van der Waals surface area contributed by atoms with E-state index in [1.807, 2.05) is 10.9 Å². The van der Waals surface area contributed by atoms with Crippen molar-refractivity contribution < 1.29 is 13.9 Å². The number of hydrogen-bond acceptors (Lipinski definition) is 3. The Morgan fingerprint density at radius 2 is 1.85 bits per heavy atom. The molecule has 2 aromatic rings. The number of nitrogens with zero attached hydrogens (tertiary/aromatic N) is 2. The SMILES string of the molecule is C[C@@H]1C[C@H](C)OC2(CCC3=Cc4c(cnn4-c4ccc(F)cc4)C[C@@]32C)O1. The molecule has 1 spiro atoms. The lowest BCUT2D eigenvalue weighted by molar-refractivity contribution is -0.343. The highest BCUT2D eigenvalue weighted by Crippen LogP contribution is 2.59. The minimum atomic E-state index is -0.550. The molecule has 2 heterocycles. The normalized spacial score (nSPS) is 35.0. The molecular formula is C22H25FN2O2. The van der Waals surface area contributed by atoms with E-state index in [0.717, 1.165) is 37.1 Å². The number of benzene rings is 1. The Morgan fingerprint density at radius 1 is 1.15 bits per heavy atom. The molecule has 0 bridgehead atoms. The summed E-state index contributed by atoms with van der Waals surface area (Å²) in [5.41, 5.74) is 4.32. The quantitative estimate of drug-likeness (QED) is 0.734. The minimum Gasteiger partial charge on any atom is -0.346 e. The van der Waals surface area contributed by atoms with Crippen molar-refractivity contribution in [1.29, 1.82) is 0 Å². The maximum atomic E-state index is 13.3. The molecule has 0 radical (unpaired) electrons. The average molecular weight is 368 g/mol. The Bertz CT molecular complexity index is 907. The highest BCUT2D eigenvalue weighted by molar-refractivity contribution is 5.62. The zero-order valence-corrected chi connectivity index (χ0v) is 16.0. The van der Waals surface area contributed by atoms with Crippen LogP contribution in [0.15, 0.2) is 36.0 Å². The van der Waals surface area contributed by atoms with Crippen LogP contribution in [0.1, 0.15) is 51.3 Å². The molecule has 3 aliphatic rings. The van der Waals surface area contributed by atoms with Crippen LogP contribution in [0.5, 0.6) is 0 Å². The highest BCUT2D eigenvalue weighted by Gasteiger charge is 2.60. The summed E-state index contributed by atoms with van der Waals surface area (Å²) in [6.45, 7) is 6.56. The lowest BCUT2D eigenvalue weighted by Gasteiger charge is -2.50. The van der Waals surface area contributed by atoms with Gasteiger partial charge in [-0.3, -0.25) is 0 Å². The molecule has 1 aliphatic heterocycles. The number of fused-ring (bicyclic) bond motifs is 3. The largest absolute Gasteiger partial charge is 0.346 e.